The third-order valence-electron chi connectivity index (χ3n) is 5.77. The summed E-state index contributed by atoms with van der Waals surface area (Å²) in [5.41, 5.74) is 8.81. The molecular weight excluding hydrogens is 368 g/mol. The fourth-order valence-corrected chi connectivity index (χ4v) is 4.50. The van der Waals surface area contributed by atoms with E-state index < -0.39 is 5.91 Å². The summed E-state index contributed by atoms with van der Waals surface area (Å²) in [4.78, 5) is 30.8. The van der Waals surface area contributed by atoms with Gasteiger partial charge in [0.05, 0.1) is 6.20 Å². The van der Waals surface area contributed by atoms with Crippen molar-refractivity contribution in [1.82, 2.24) is 24.8 Å². The van der Waals surface area contributed by atoms with Gasteiger partial charge in [-0.2, -0.15) is 5.10 Å². The molecule has 0 radical (unpaired) electrons. The normalized spacial score (nSPS) is 20.1. The highest BCUT2D eigenvalue weighted by molar-refractivity contribution is 5.98. The zero-order chi connectivity index (χ0) is 21.1. The summed E-state index contributed by atoms with van der Waals surface area (Å²) in [5, 5.41) is 7.27. The second-order valence-electron chi connectivity index (χ2n) is 8.47. The lowest BCUT2D eigenvalue weighted by atomic mass is 9.92. The van der Waals surface area contributed by atoms with Gasteiger partial charge in [-0.15, -0.1) is 0 Å². The zero-order valence-corrected chi connectivity index (χ0v) is 17.9. The summed E-state index contributed by atoms with van der Waals surface area (Å²) in [7, 11) is 0. The van der Waals surface area contributed by atoms with Crippen molar-refractivity contribution in [1.29, 1.82) is 0 Å². The molecule has 1 aliphatic rings. The number of nitrogens with one attached hydrogen (secondary N) is 1. The van der Waals surface area contributed by atoms with E-state index in [1.54, 1.807) is 4.52 Å². The van der Waals surface area contributed by atoms with Gasteiger partial charge in [0.25, 0.3) is 5.91 Å². The average Bonchev–Trinajstić information content (AvgIpc) is 3.05. The van der Waals surface area contributed by atoms with Crippen LogP contribution >= 0.6 is 0 Å². The maximum absolute atomic E-state index is 12.3. The topological polar surface area (TPSA) is 106 Å². The standard InChI is InChI=1S/C21H32N6O2/c1-13-9-14(2)12-26(11-13)8-7-23-19(28)6-5-17-15(3)25-21-18(20(22)29)10-24-27(21)16(17)4/h10,13-14H,5-9,11-12H2,1-4H3,(H2,22,29)(H,23,28). The monoisotopic (exact) mass is 400 g/mol. The molecule has 0 saturated carbocycles. The summed E-state index contributed by atoms with van der Waals surface area (Å²) in [5.74, 6) is 0.941. The van der Waals surface area contributed by atoms with Gasteiger partial charge in [0.2, 0.25) is 5.91 Å². The van der Waals surface area contributed by atoms with Gasteiger partial charge >= 0.3 is 0 Å². The van der Waals surface area contributed by atoms with Crippen molar-refractivity contribution in [3.8, 4) is 0 Å². The average molecular weight is 401 g/mol. The number of carbonyl (C=O) groups is 2. The van der Waals surface area contributed by atoms with Crippen molar-refractivity contribution in [2.24, 2.45) is 17.6 Å². The maximum atomic E-state index is 12.3. The van der Waals surface area contributed by atoms with Crippen molar-refractivity contribution in [2.75, 3.05) is 26.2 Å². The van der Waals surface area contributed by atoms with Crippen LogP contribution in [-0.4, -0.2) is 57.5 Å². The first-order valence-electron chi connectivity index (χ1n) is 10.4. The van der Waals surface area contributed by atoms with Crippen LogP contribution in [0.25, 0.3) is 5.65 Å². The minimum atomic E-state index is -0.545. The summed E-state index contributed by atoms with van der Waals surface area (Å²) in [6.07, 6.45) is 3.70. The number of aryl methyl sites for hydroxylation is 2. The molecule has 8 heteroatoms. The van der Waals surface area contributed by atoms with Gasteiger partial charge in [-0.3, -0.25) is 9.59 Å². The highest BCUT2D eigenvalue weighted by Gasteiger charge is 2.21. The summed E-state index contributed by atoms with van der Waals surface area (Å²) >= 11 is 0. The van der Waals surface area contributed by atoms with Crippen LogP contribution in [0.5, 0.6) is 0 Å². The van der Waals surface area contributed by atoms with Gasteiger partial charge in [0.1, 0.15) is 5.56 Å². The van der Waals surface area contributed by atoms with Gasteiger partial charge < -0.3 is 16.0 Å². The highest BCUT2D eigenvalue weighted by Crippen LogP contribution is 2.20. The number of likely N-dealkylation sites (tertiary alicyclic amines) is 1. The fraction of sp³-hybridized carbons (Fsp3) is 0.619. The van der Waals surface area contributed by atoms with Crippen LogP contribution in [0.1, 0.15) is 54.0 Å². The van der Waals surface area contributed by atoms with Crippen LogP contribution in [0.15, 0.2) is 6.20 Å². The van der Waals surface area contributed by atoms with E-state index in [1.165, 1.54) is 12.6 Å². The van der Waals surface area contributed by atoms with Crippen molar-refractivity contribution in [3.05, 3.63) is 28.7 Å². The van der Waals surface area contributed by atoms with Gasteiger partial charge in [-0.1, -0.05) is 13.8 Å². The minimum absolute atomic E-state index is 0.0419. The Kier molecular flexibility index (Phi) is 6.52. The summed E-state index contributed by atoms with van der Waals surface area (Å²) in [6, 6.07) is 0. The van der Waals surface area contributed by atoms with E-state index in [0.717, 1.165) is 48.4 Å². The van der Waals surface area contributed by atoms with E-state index in [2.05, 4.69) is 34.1 Å². The predicted molar refractivity (Wildman–Crippen MR) is 112 cm³/mol. The van der Waals surface area contributed by atoms with E-state index in [0.29, 0.717) is 30.6 Å². The molecule has 2 amide bonds. The Hall–Kier alpha value is -2.48. The first kappa shape index (κ1) is 21.2. The van der Waals surface area contributed by atoms with E-state index in [4.69, 9.17) is 5.73 Å². The number of hydrogen-bond donors (Lipinski definition) is 2. The van der Waals surface area contributed by atoms with Crippen molar-refractivity contribution in [3.63, 3.8) is 0 Å². The number of aromatic nitrogens is 3. The molecular formula is C21H32N6O2. The molecule has 1 aliphatic heterocycles. The fourth-order valence-electron chi connectivity index (χ4n) is 4.50. The second kappa shape index (κ2) is 8.90. The molecule has 2 aromatic rings. The molecule has 2 aromatic heterocycles. The number of nitrogens with zero attached hydrogens (tertiary/aromatic N) is 4. The molecule has 158 valence electrons. The lowest BCUT2D eigenvalue weighted by Gasteiger charge is -2.34. The Balaban J connectivity index is 1.55. The largest absolute Gasteiger partial charge is 0.365 e. The summed E-state index contributed by atoms with van der Waals surface area (Å²) in [6.45, 7) is 12.2. The van der Waals surface area contributed by atoms with E-state index in [1.807, 2.05) is 13.8 Å². The predicted octanol–water partition coefficient (Wildman–Crippen LogP) is 1.47. The van der Waals surface area contributed by atoms with Gasteiger partial charge in [-0.25, -0.2) is 9.50 Å². The first-order chi connectivity index (χ1) is 13.8. The van der Waals surface area contributed by atoms with Crippen LogP contribution in [0, 0.1) is 25.7 Å². The summed E-state index contributed by atoms with van der Waals surface area (Å²) < 4.78 is 1.62. The molecule has 2 unspecified atom stereocenters. The molecule has 2 atom stereocenters. The SMILES string of the molecule is Cc1nc2c(C(N)=O)cnn2c(C)c1CCC(=O)NCCN1CC(C)CC(C)C1. The Bertz CT molecular complexity index is 896. The van der Waals surface area contributed by atoms with Gasteiger partial charge in [-0.05, 0) is 44.1 Å². The van der Waals surface area contributed by atoms with Crippen LogP contribution in [0.3, 0.4) is 0 Å². The Morgan fingerprint density at radius 2 is 1.93 bits per heavy atom. The smallest absolute Gasteiger partial charge is 0.254 e. The molecule has 3 rings (SSSR count). The van der Waals surface area contributed by atoms with Crippen LogP contribution < -0.4 is 11.1 Å². The molecule has 0 aromatic carbocycles. The molecule has 1 fully saturated rings. The number of fused-ring (bicyclic) bond motifs is 1. The molecule has 0 spiro atoms. The minimum Gasteiger partial charge on any atom is -0.365 e. The third-order valence-corrected chi connectivity index (χ3v) is 5.77. The molecule has 0 aliphatic carbocycles. The number of rotatable bonds is 7. The third kappa shape index (κ3) is 4.93. The van der Waals surface area contributed by atoms with E-state index in [-0.39, 0.29) is 5.91 Å². The van der Waals surface area contributed by atoms with Crippen molar-refractivity contribution < 1.29 is 9.59 Å². The molecule has 1 saturated heterocycles. The van der Waals surface area contributed by atoms with Crippen LogP contribution in [0.4, 0.5) is 0 Å². The zero-order valence-electron chi connectivity index (χ0n) is 17.9. The highest BCUT2D eigenvalue weighted by atomic mass is 16.1. The van der Waals surface area contributed by atoms with E-state index in [9.17, 15) is 9.59 Å². The lowest BCUT2D eigenvalue weighted by molar-refractivity contribution is -0.121. The lowest BCUT2D eigenvalue weighted by Crippen LogP contribution is -2.42. The van der Waals surface area contributed by atoms with Gasteiger partial charge in [0, 0.05) is 44.0 Å². The first-order valence-corrected chi connectivity index (χ1v) is 10.4. The molecule has 8 nitrogen and oxygen atoms in total. The van der Waals surface area contributed by atoms with Crippen molar-refractivity contribution in [2.45, 2.75) is 47.0 Å². The number of amides is 2. The Labute approximate surface area is 171 Å². The molecule has 0 bridgehead atoms. The van der Waals surface area contributed by atoms with Crippen LogP contribution in [0.2, 0.25) is 0 Å². The van der Waals surface area contributed by atoms with E-state index >= 15 is 0 Å². The van der Waals surface area contributed by atoms with Crippen molar-refractivity contribution >= 4 is 17.5 Å². The Morgan fingerprint density at radius 1 is 1.24 bits per heavy atom. The Morgan fingerprint density at radius 3 is 2.59 bits per heavy atom. The maximum Gasteiger partial charge on any atom is 0.254 e. The number of piperidine rings is 1. The molecule has 3 N–H and O–H groups in total. The molecule has 29 heavy (non-hydrogen) atoms. The molecule has 3 heterocycles. The number of primary amides is 1. The van der Waals surface area contributed by atoms with Gasteiger partial charge in [0.15, 0.2) is 5.65 Å². The quantitative estimate of drug-likeness (QED) is 0.732. The number of hydrogen-bond acceptors (Lipinski definition) is 5. The van der Waals surface area contributed by atoms with Crippen LogP contribution in [-0.2, 0) is 11.2 Å². The number of carbonyl (C=O) groups excluding carboxylic acids is 2. The second-order valence-corrected chi connectivity index (χ2v) is 8.47. The number of nitrogens with two attached hydrogens (primary N) is 1.